The predicted octanol–water partition coefficient (Wildman–Crippen LogP) is 1.90. The van der Waals surface area contributed by atoms with E-state index in [4.69, 9.17) is 5.11 Å². The number of hydrogen-bond donors (Lipinski definition) is 1. The molecular weight excluding hydrogens is 269 g/mol. The van der Waals surface area contributed by atoms with E-state index in [1.54, 1.807) is 0 Å². The summed E-state index contributed by atoms with van der Waals surface area (Å²) >= 11 is 0. The molecule has 106 valence electrons. The minimum absolute atomic E-state index is 0.124. The molecule has 0 bridgehead atoms. The Bertz CT molecular complexity index is 543. The number of sulfonamides is 1. The number of halogens is 1. The van der Waals surface area contributed by atoms with E-state index in [0.717, 1.165) is 12.1 Å². The zero-order chi connectivity index (χ0) is 14.5. The smallest absolute Gasteiger partial charge is 0.246 e. The maximum Gasteiger partial charge on any atom is 0.246 e. The van der Waals surface area contributed by atoms with Gasteiger partial charge in [-0.15, -0.1) is 6.58 Å². The average molecular weight is 287 g/mol. The first-order valence-corrected chi connectivity index (χ1v) is 7.41. The van der Waals surface area contributed by atoms with Crippen molar-refractivity contribution in [2.24, 2.45) is 0 Å². The highest BCUT2D eigenvalue weighted by Crippen LogP contribution is 2.21. The van der Waals surface area contributed by atoms with E-state index < -0.39 is 20.7 Å². The topological polar surface area (TPSA) is 57.6 Å². The Morgan fingerprint density at radius 3 is 2.68 bits per heavy atom. The number of benzene rings is 1. The van der Waals surface area contributed by atoms with E-state index in [9.17, 15) is 12.8 Å². The van der Waals surface area contributed by atoms with E-state index in [1.165, 1.54) is 16.4 Å². The maximum absolute atomic E-state index is 13.7. The third-order valence-electron chi connectivity index (χ3n) is 2.60. The van der Waals surface area contributed by atoms with Gasteiger partial charge in [0.1, 0.15) is 10.7 Å². The van der Waals surface area contributed by atoms with E-state index >= 15 is 0 Å². The first-order chi connectivity index (χ1) is 8.97. The Morgan fingerprint density at radius 2 is 2.16 bits per heavy atom. The summed E-state index contributed by atoms with van der Waals surface area (Å²) in [4.78, 5) is -0.408. The van der Waals surface area contributed by atoms with Gasteiger partial charge in [0.05, 0.1) is 6.61 Å². The van der Waals surface area contributed by atoms with Crippen molar-refractivity contribution in [3.8, 4) is 0 Å². The lowest BCUT2D eigenvalue weighted by Gasteiger charge is -2.20. The molecule has 0 aromatic heterocycles. The molecule has 19 heavy (non-hydrogen) atoms. The van der Waals surface area contributed by atoms with E-state index in [1.807, 2.05) is 6.92 Å². The van der Waals surface area contributed by atoms with Crippen LogP contribution in [0.25, 0.3) is 0 Å². The highest BCUT2D eigenvalue weighted by atomic mass is 32.2. The minimum atomic E-state index is -3.91. The zero-order valence-electron chi connectivity index (χ0n) is 10.8. The summed E-state index contributed by atoms with van der Waals surface area (Å²) in [5.41, 5.74) is 0.357. The summed E-state index contributed by atoms with van der Waals surface area (Å²) in [6.07, 6.45) is 2.08. The Labute approximate surface area is 113 Å². The van der Waals surface area contributed by atoms with Crippen LogP contribution < -0.4 is 0 Å². The third-order valence-corrected chi connectivity index (χ3v) is 4.48. The van der Waals surface area contributed by atoms with Crippen molar-refractivity contribution in [2.75, 3.05) is 13.1 Å². The van der Waals surface area contributed by atoms with Crippen LogP contribution in [0, 0.1) is 5.82 Å². The Balaban J connectivity index is 3.27. The molecule has 0 aliphatic rings. The van der Waals surface area contributed by atoms with Crippen molar-refractivity contribution < 1.29 is 17.9 Å². The second kappa shape index (κ2) is 6.79. The molecule has 1 aromatic rings. The van der Waals surface area contributed by atoms with Crippen molar-refractivity contribution in [2.45, 2.75) is 24.8 Å². The first kappa shape index (κ1) is 15.8. The van der Waals surface area contributed by atoms with Crippen molar-refractivity contribution in [1.82, 2.24) is 4.31 Å². The predicted molar refractivity (Wildman–Crippen MR) is 71.6 cm³/mol. The molecule has 0 atom stereocenters. The van der Waals surface area contributed by atoms with Crippen LogP contribution in [0.15, 0.2) is 35.7 Å². The molecule has 0 amide bonds. The van der Waals surface area contributed by atoms with Gasteiger partial charge >= 0.3 is 0 Å². The van der Waals surface area contributed by atoms with Gasteiger partial charge in [-0.2, -0.15) is 4.31 Å². The van der Waals surface area contributed by atoms with E-state index in [2.05, 4.69) is 6.58 Å². The molecule has 1 N–H and O–H groups in total. The molecule has 0 fully saturated rings. The second-order valence-corrected chi connectivity index (χ2v) is 5.98. The summed E-state index contributed by atoms with van der Waals surface area (Å²) < 4.78 is 39.6. The van der Waals surface area contributed by atoms with Gasteiger partial charge in [-0.05, 0) is 24.1 Å². The summed E-state index contributed by atoms with van der Waals surface area (Å²) in [7, 11) is -3.91. The average Bonchev–Trinajstić information content (AvgIpc) is 2.39. The van der Waals surface area contributed by atoms with Gasteiger partial charge in [-0.25, -0.2) is 12.8 Å². The van der Waals surface area contributed by atoms with Crippen molar-refractivity contribution in [1.29, 1.82) is 0 Å². The maximum atomic E-state index is 13.7. The van der Waals surface area contributed by atoms with Gasteiger partial charge in [0.25, 0.3) is 0 Å². The van der Waals surface area contributed by atoms with Gasteiger partial charge in [-0.3, -0.25) is 0 Å². The van der Waals surface area contributed by atoms with Gasteiger partial charge < -0.3 is 5.11 Å². The van der Waals surface area contributed by atoms with E-state index in [-0.39, 0.29) is 19.7 Å². The lowest BCUT2D eigenvalue weighted by atomic mass is 10.2. The van der Waals surface area contributed by atoms with Crippen molar-refractivity contribution in [3.63, 3.8) is 0 Å². The zero-order valence-corrected chi connectivity index (χ0v) is 11.7. The van der Waals surface area contributed by atoms with Crippen molar-refractivity contribution in [3.05, 3.63) is 42.2 Å². The fourth-order valence-corrected chi connectivity index (χ4v) is 3.30. The molecular formula is C13H18FNO3S. The molecule has 0 spiro atoms. The van der Waals surface area contributed by atoms with Crippen LogP contribution in [-0.4, -0.2) is 30.9 Å². The minimum Gasteiger partial charge on any atom is -0.392 e. The molecule has 4 nitrogen and oxygen atoms in total. The molecule has 0 radical (unpaired) electrons. The lowest BCUT2D eigenvalue weighted by molar-refractivity contribution is 0.281. The Hall–Kier alpha value is -1.24. The first-order valence-electron chi connectivity index (χ1n) is 5.97. The standard InChI is InChI=1S/C13H18FNO3S/c1-3-7-15(8-4-2)19(17,18)13-9-11(10-16)5-6-12(13)14/h3,5-6,9,16H,1,4,7-8,10H2,2H3. The van der Waals surface area contributed by atoms with Gasteiger partial charge in [-0.1, -0.05) is 19.1 Å². The van der Waals surface area contributed by atoms with Gasteiger partial charge in [0.2, 0.25) is 10.0 Å². The molecule has 0 aliphatic heterocycles. The molecule has 0 aliphatic carbocycles. The van der Waals surface area contributed by atoms with Crippen LogP contribution >= 0.6 is 0 Å². The number of aliphatic hydroxyl groups is 1. The van der Waals surface area contributed by atoms with Crippen LogP contribution in [0.3, 0.4) is 0 Å². The highest BCUT2D eigenvalue weighted by molar-refractivity contribution is 7.89. The summed E-state index contributed by atoms with van der Waals surface area (Å²) in [6.45, 7) is 5.42. The third kappa shape index (κ3) is 3.62. The van der Waals surface area contributed by atoms with Gasteiger partial charge in [0.15, 0.2) is 0 Å². The largest absolute Gasteiger partial charge is 0.392 e. The molecule has 0 unspecified atom stereocenters. The molecule has 0 heterocycles. The normalized spacial score (nSPS) is 11.8. The quantitative estimate of drug-likeness (QED) is 0.779. The lowest BCUT2D eigenvalue weighted by Crippen LogP contribution is -2.32. The molecule has 1 aromatic carbocycles. The van der Waals surface area contributed by atoms with Gasteiger partial charge in [0, 0.05) is 13.1 Å². The molecule has 1 rings (SSSR count). The van der Waals surface area contributed by atoms with E-state index in [0.29, 0.717) is 12.0 Å². The van der Waals surface area contributed by atoms with Crippen LogP contribution in [0.4, 0.5) is 4.39 Å². The van der Waals surface area contributed by atoms with Crippen molar-refractivity contribution >= 4 is 10.0 Å². The summed E-state index contributed by atoms with van der Waals surface area (Å²) in [5.74, 6) is -0.817. The number of aliphatic hydroxyl groups excluding tert-OH is 1. The fourth-order valence-electron chi connectivity index (χ4n) is 1.69. The summed E-state index contributed by atoms with van der Waals surface area (Å²) in [5, 5.41) is 9.02. The number of nitrogens with zero attached hydrogens (tertiary/aromatic N) is 1. The monoisotopic (exact) mass is 287 g/mol. The summed E-state index contributed by atoms with van der Waals surface area (Å²) in [6, 6.07) is 3.57. The number of rotatable bonds is 7. The fraction of sp³-hybridized carbons (Fsp3) is 0.385. The SMILES string of the molecule is C=CCN(CCC)S(=O)(=O)c1cc(CO)ccc1F. The molecule has 0 saturated carbocycles. The Kier molecular flexibility index (Phi) is 5.65. The van der Waals surface area contributed by atoms with Crippen LogP contribution in [0.2, 0.25) is 0 Å². The van der Waals surface area contributed by atoms with Crippen LogP contribution in [-0.2, 0) is 16.6 Å². The molecule has 6 heteroatoms. The van der Waals surface area contributed by atoms with Crippen LogP contribution in [0.5, 0.6) is 0 Å². The highest BCUT2D eigenvalue weighted by Gasteiger charge is 2.26. The van der Waals surface area contributed by atoms with Crippen LogP contribution in [0.1, 0.15) is 18.9 Å². The molecule has 0 saturated heterocycles. The second-order valence-electron chi connectivity index (χ2n) is 4.07. The number of hydrogen-bond acceptors (Lipinski definition) is 3. The Morgan fingerprint density at radius 1 is 1.47 bits per heavy atom.